The third kappa shape index (κ3) is 52.2. The summed E-state index contributed by atoms with van der Waals surface area (Å²) in [4.78, 5) is 19.3. The minimum atomic E-state index is -1.20. The van der Waals surface area contributed by atoms with Crippen molar-refractivity contribution >= 4 is 11.9 Å². The van der Waals surface area contributed by atoms with Gasteiger partial charge in [0.25, 0.3) is 0 Å². The molecule has 0 aromatic carbocycles. The molecule has 8 N–H and O–H groups in total. The van der Waals surface area contributed by atoms with Crippen LogP contribution in [0.5, 0.6) is 0 Å². The molecule has 0 fully saturated rings. The summed E-state index contributed by atoms with van der Waals surface area (Å²) in [6.07, 6.45) is 16.8. The number of allylic oxidation sites excluding steroid dienone is 5. The molecular weight excluding hydrogens is 644 g/mol. The monoisotopic (exact) mass is 723 g/mol. The topological polar surface area (TPSA) is 205 Å². The first-order valence-electron chi connectivity index (χ1n) is 17.3. The number of aliphatic hydroxyl groups excluding tert-OH is 6. The van der Waals surface area contributed by atoms with Crippen LogP contribution >= 0.6 is 0 Å². The van der Waals surface area contributed by atoms with E-state index in [1.54, 1.807) is 30.4 Å². The van der Waals surface area contributed by atoms with E-state index in [1.165, 1.54) is 32.1 Å². The molecule has 0 rings (SSSR count). The molecule has 0 aliphatic rings. The van der Waals surface area contributed by atoms with Crippen LogP contribution < -0.4 is 0 Å². The standard InChI is InChI=1S/C20H42O7.C4H6O4.5C3H6/c1-2-3-4-5-6-7-8-9-10-18(26)20(14-24,15-25)17-27-16-19(11-21,12-22)13-23;5-3(6)1-2-4(7)8;5*1-3-2/h18,21-26H,2-17H2,1H3;1-2H2,(H,5,6)(H,7,8);5*3H,1H2,2H3. The van der Waals surface area contributed by atoms with Crippen LogP contribution in [0.4, 0.5) is 0 Å². The van der Waals surface area contributed by atoms with Crippen LogP contribution in [0.3, 0.4) is 0 Å². The lowest BCUT2D eigenvalue weighted by molar-refractivity contribution is -0.143. The number of aliphatic carboxylic acids is 2. The second-order valence-electron chi connectivity index (χ2n) is 11.3. The molecule has 0 aliphatic heterocycles. The number of aliphatic hydroxyl groups is 6. The zero-order valence-corrected chi connectivity index (χ0v) is 32.5. The van der Waals surface area contributed by atoms with Gasteiger partial charge in [0.05, 0.1) is 76.0 Å². The second kappa shape index (κ2) is 53.2. The van der Waals surface area contributed by atoms with E-state index in [4.69, 9.17) is 14.9 Å². The van der Waals surface area contributed by atoms with Gasteiger partial charge in [0.1, 0.15) is 0 Å². The normalized spacial score (nSPS) is 10.2. The molecule has 300 valence electrons. The van der Waals surface area contributed by atoms with Crippen molar-refractivity contribution in [3.63, 3.8) is 0 Å². The maximum atomic E-state index is 10.5. The van der Waals surface area contributed by atoms with Gasteiger partial charge in [-0.2, -0.15) is 0 Å². The third-order valence-corrected chi connectivity index (χ3v) is 6.02. The van der Waals surface area contributed by atoms with Crippen LogP contribution in [-0.4, -0.2) is 105 Å². The van der Waals surface area contributed by atoms with Crippen molar-refractivity contribution in [2.45, 2.75) is 118 Å². The molecule has 1 unspecified atom stereocenters. The number of carboxylic acids is 2. The summed E-state index contributed by atoms with van der Waals surface area (Å²) in [6, 6.07) is 0. The Morgan fingerprint density at radius 3 is 1.14 bits per heavy atom. The van der Waals surface area contributed by atoms with E-state index in [9.17, 15) is 40.2 Å². The van der Waals surface area contributed by atoms with Gasteiger partial charge >= 0.3 is 11.9 Å². The van der Waals surface area contributed by atoms with E-state index >= 15 is 0 Å². The molecule has 0 amide bonds. The van der Waals surface area contributed by atoms with Crippen molar-refractivity contribution in [2.75, 3.05) is 46.2 Å². The van der Waals surface area contributed by atoms with E-state index in [0.29, 0.717) is 6.42 Å². The zero-order chi connectivity index (χ0) is 40.7. The predicted octanol–water partition coefficient (Wildman–Crippen LogP) is 6.73. The molecule has 0 heterocycles. The van der Waals surface area contributed by atoms with Crippen molar-refractivity contribution in [3.05, 3.63) is 63.3 Å². The molecule has 0 aromatic heterocycles. The number of carboxylic acid groups (broad SMARTS) is 2. The van der Waals surface area contributed by atoms with E-state index in [1.807, 2.05) is 34.6 Å². The minimum Gasteiger partial charge on any atom is -0.481 e. The Balaban J connectivity index is -0.000000130. The first-order valence-corrected chi connectivity index (χ1v) is 17.3. The largest absolute Gasteiger partial charge is 0.481 e. The summed E-state index contributed by atoms with van der Waals surface area (Å²) in [7, 11) is 0. The van der Waals surface area contributed by atoms with Crippen molar-refractivity contribution in [1.29, 1.82) is 0 Å². The molecule has 50 heavy (non-hydrogen) atoms. The average Bonchev–Trinajstić information content (AvgIpc) is 3.08. The molecule has 0 bridgehead atoms. The minimum absolute atomic E-state index is 0.125. The lowest BCUT2D eigenvalue weighted by Crippen LogP contribution is -2.47. The highest BCUT2D eigenvalue weighted by Gasteiger charge is 2.38. The smallest absolute Gasteiger partial charge is 0.303 e. The van der Waals surface area contributed by atoms with Crippen LogP contribution in [0.25, 0.3) is 0 Å². The number of unbranched alkanes of at least 4 members (excludes halogenated alkanes) is 7. The van der Waals surface area contributed by atoms with Gasteiger partial charge in [-0.15, -0.1) is 32.9 Å². The van der Waals surface area contributed by atoms with E-state index in [2.05, 4.69) is 39.8 Å². The zero-order valence-electron chi connectivity index (χ0n) is 32.5. The Kier molecular flexibility index (Phi) is 66.4. The Labute approximate surface area is 305 Å². The highest BCUT2D eigenvalue weighted by atomic mass is 16.5. The maximum Gasteiger partial charge on any atom is 0.303 e. The predicted molar refractivity (Wildman–Crippen MR) is 208 cm³/mol. The molecule has 0 aliphatic carbocycles. The van der Waals surface area contributed by atoms with Gasteiger partial charge in [0.15, 0.2) is 0 Å². The third-order valence-electron chi connectivity index (χ3n) is 6.02. The van der Waals surface area contributed by atoms with Gasteiger partial charge in [-0.05, 0) is 41.0 Å². The molecule has 0 aromatic rings. The molecule has 11 nitrogen and oxygen atoms in total. The van der Waals surface area contributed by atoms with E-state index < -0.39 is 61.9 Å². The highest BCUT2D eigenvalue weighted by Crippen LogP contribution is 2.27. The van der Waals surface area contributed by atoms with E-state index in [0.717, 1.165) is 19.3 Å². The van der Waals surface area contributed by atoms with Crippen LogP contribution in [-0.2, 0) is 14.3 Å². The summed E-state index contributed by atoms with van der Waals surface area (Å²) < 4.78 is 5.46. The lowest BCUT2D eigenvalue weighted by Gasteiger charge is -2.36. The van der Waals surface area contributed by atoms with Gasteiger partial charge in [-0.3, -0.25) is 9.59 Å². The fourth-order valence-electron chi connectivity index (χ4n) is 3.20. The second-order valence-corrected chi connectivity index (χ2v) is 11.3. The molecule has 1 atom stereocenters. The van der Waals surface area contributed by atoms with Gasteiger partial charge in [-0.25, -0.2) is 0 Å². The number of hydrogen-bond donors (Lipinski definition) is 8. The molecule has 0 radical (unpaired) electrons. The lowest BCUT2D eigenvalue weighted by atomic mass is 9.81. The summed E-state index contributed by atoms with van der Waals surface area (Å²) in [5.74, 6) is -2.15. The molecule has 11 heteroatoms. The van der Waals surface area contributed by atoms with Gasteiger partial charge in [0.2, 0.25) is 0 Å². The number of carbonyl (C=O) groups is 2. The van der Waals surface area contributed by atoms with Crippen molar-refractivity contribution in [1.82, 2.24) is 0 Å². The summed E-state index contributed by atoms with van der Waals surface area (Å²) in [5, 5.41) is 73.7. The van der Waals surface area contributed by atoms with Crippen LogP contribution in [0.1, 0.15) is 112 Å². The summed E-state index contributed by atoms with van der Waals surface area (Å²) >= 11 is 0. The van der Waals surface area contributed by atoms with Gasteiger partial charge < -0.3 is 45.6 Å². The summed E-state index contributed by atoms with van der Waals surface area (Å²) in [5.41, 5.74) is -2.38. The van der Waals surface area contributed by atoms with Crippen LogP contribution in [0.15, 0.2) is 63.3 Å². The van der Waals surface area contributed by atoms with Crippen molar-refractivity contribution < 1.29 is 55.2 Å². The Morgan fingerprint density at radius 1 is 0.580 bits per heavy atom. The Morgan fingerprint density at radius 2 is 0.880 bits per heavy atom. The maximum absolute atomic E-state index is 10.5. The number of ether oxygens (including phenoxy) is 1. The van der Waals surface area contributed by atoms with Gasteiger partial charge in [-0.1, -0.05) is 88.7 Å². The number of rotatable bonds is 22. The quantitative estimate of drug-likeness (QED) is 0.0435. The van der Waals surface area contributed by atoms with Crippen molar-refractivity contribution in [3.8, 4) is 0 Å². The highest BCUT2D eigenvalue weighted by molar-refractivity contribution is 5.75. The molecule has 0 spiro atoms. The summed E-state index contributed by atoms with van der Waals surface area (Å²) in [6.45, 7) is 25.9. The Hall–Kier alpha value is -2.64. The Bertz CT molecular complexity index is 674. The molecular formula is C39H78O11. The fourth-order valence-corrected chi connectivity index (χ4v) is 3.20. The first kappa shape index (κ1) is 62.5. The molecule has 0 saturated carbocycles. The molecule has 0 saturated heterocycles. The first-order chi connectivity index (χ1) is 23.7. The van der Waals surface area contributed by atoms with E-state index in [-0.39, 0.29) is 26.1 Å². The van der Waals surface area contributed by atoms with Crippen LogP contribution in [0.2, 0.25) is 0 Å². The number of hydrogen-bond acceptors (Lipinski definition) is 9. The SMILES string of the molecule is C=CC.C=CC.C=CC.C=CC.C=CC.CCCCCCCCCCC(O)C(CO)(CO)COCC(CO)(CO)CO.O=C(O)CCC(=O)O. The average molecular weight is 723 g/mol. The van der Waals surface area contributed by atoms with Crippen molar-refractivity contribution in [2.24, 2.45) is 10.8 Å². The van der Waals surface area contributed by atoms with Crippen LogP contribution in [0, 0.1) is 10.8 Å². The fraction of sp³-hybridized carbons (Fsp3) is 0.692. The van der Waals surface area contributed by atoms with Gasteiger partial charge in [0, 0.05) is 0 Å².